The van der Waals surface area contributed by atoms with Gasteiger partial charge in [-0.3, -0.25) is 10.1 Å². The fourth-order valence-electron chi connectivity index (χ4n) is 2.71. The third-order valence-corrected chi connectivity index (χ3v) is 3.98. The number of nitrogens with one attached hydrogen (secondary N) is 2. The van der Waals surface area contributed by atoms with Gasteiger partial charge < -0.3 is 9.73 Å². The smallest absolute Gasteiger partial charge is 0.322 e. The van der Waals surface area contributed by atoms with E-state index in [2.05, 4.69) is 26.9 Å². The van der Waals surface area contributed by atoms with Gasteiger partial charge in [-0.05, 0) is 24.5 Å². The van der Waals surface area contributed by atoms with Crippen LogP contribution in [0.2, 0.25) is 0 Å². The number of nitrogens with zero attached hydrogens (tertiary/aromatic N) is 2. The van der Waals surface area contributed by atoms with Gasteiger partial charge in [0.1, 0.15) is 0 Å². The van der Waals surface area contributed by atoms with E-state index in [4.69, 9.17) is 4.42 Å². The number of hydrogen-bond donors (Lipinski definition) is 2. The molecule has 2 heterocycles. The normalized spacial score (nSPS) is 19.9. The number of carbonyl (C=O) groups is 1. The number of aromatic nitrogens is 2. The Balaban J connectivity index is 1.39. The van der Waals surface area contributed by atoms with Gasteiger partial charge in [0.25, 0.3) is 0 Å². The maximum absolute atomic E-state index is 12.1. The van der Waals surface area contributed by atoms with Gasteiger partial charge in [-0.1, -0.05) is 23.3 Å². The lowest BCUT2D eigenvalue weighted by atomic mass is 9.98. The molecule has 6 nitrogen and oxygen atoms in total. The minimum atomic E-state index is -0.0931. The molecule has 2 aromatic rings. The highest BCUT2D eigenvalue weighted by molar-refractivity contribution is 5.89. The van der Waals surface area contributed by atoms with Crippen molar-refractivity contribution < 1.29 is 9.21 Å². The van der Waals surface area contributed by atoms with Crippen molar-refractivity contribution in [3.63, 3.8) is 0 Å². The number of anilines is 2. The number of para-hydroxylation sites is 1. The van der Waals surface area contributed by atoms with Crippen molar-refractivity contribution in [1.29, 1.82) is 0 Å². The van der Waals surface area contributed by atoms with E-state index in [-0.39, 0.29) is 17.8 Å². The Kier molecular flexibility index (Phi) is 2.87. The molecule has 4 rings (SSSR count). The van der Waals surface area contributed by atoms with E-state index in [0.29, 0.717) is 18.2 Å². The van der Waals surface area contributed by atoms with E-state index in [1.165, 1.54) is 5.56 Å². The Labute approximate surface area is 121 Å². The van der Waals surface area contributed by atoms with Gasteiger partial charge in [0.15, 0.2) is 0 Å². The zero-order valence-corrected chi connectivity index (χ0v) is 11.5. The first-order valence-corrected chi connectivity index (χ1v) is 7.25. The maximum Gasteiger partial charge on any atom is 0.322 e. The molecule has 108 valence electrons. The largest absolute Gasteiger partial charge is 0.408 e. The average Bonchev–Trinajstić information content (AvgIpc) is 3.12. The molecule has 2 aliphatic rings. The van der Waals surface area contributed by atoms with Gasteiger partial charge in [-0.25, -0.2) is 0 Å². The van der Waals surface area contributed by atoms with Crippen LogP contribution in [0, 0.1) is 0 Å². The first-order valence-electron chi connectivity index (χ1n) is 7.25. The van der Waals surface area contributed by atoms with Gasteiger partial charge in [-0.15, -0.1) is 5.10 Å². The summed E-state index contributed by atoms with van der Waals surface area (Å²) in [5, 5.41) is 13.8. The summed E-state index contributed by atoms with van der Waals surface area (Å²) in [6, 6.07) is 8.29. The van der Waals surface area contributed by atoms with Crippen LogP contribution < -0.4 is 10.6 Å². The SMILES string of the molecule is O=C(CC1CNc2ccccc21)Nc1nnc(C2CC2)o1. The molecule has 1 aliphatic carbocycles. The second-order valence-corrected chi connectivity index (χ2v) is 5.64. The van der Waals surface area contributed by atoms with Crippen LogP contribution in [0.25, 0.3) is 0 Å². The number of hydrogen-bond acceptors (Lipinski definition) is 5. The van der Waals surface area contributed by atoms with Gasteiger partial charge >= 0.3 is 6.01 Å². The van der Waals surface area contributed by atoms with Gasteiger partial charge in [0.05, 0.1) is 0 Å². The van der Waals surface area contributed by atoms with Crippen molar-refractivity contribution >= 4 is 17.6 Å². The zero-order chi connectivity index (χ0) is 14.2. The number of benzene rings is 1. The van der Waals surface area contributed by atoms with Crippen LogP contribution in [0.1, 0.15) is 42.6 Å². The van der Waals surface area contributed by atoms with Crippen LogP contribution in [0.3, 0.4) is 0 Å². The molecule has 6 heteroatoms. The summed E-state index contributed by atoms with van der Waals surface area (Å²) in [6.07, 6.45) is 2.60. The minimum Gasteiger partial charge on any atom is -0.408 e. The third kappa shape index (κ3) is 2.49. The highest BCUT2D eigenvalue weighted by Gasteiger charge is 2.30. The Morgan fingerprint density at radius 3 is 3.05 bits per heavy atom. The molecule has 1 aliphatic heterocycles. The summed E-state index contributed by atoms with van der Waals surface area (Å²) in [4.78, 5) is 12.1. The topological polar surface area (TPSA) is 80.0 Å². The monoisotopic (exact) mass is 284 g/mol. The van der Waals surface area contributed by atoms with Gasteiger partial charge in [-0.2, -0.15) is 0 Å². The Morgan fingerprint density at radius 1 is 1.33 bits per heavy atom. The van der Waals surface area contributed by atoms with Crippen molar-refractivity contribution in [2.24, 2.45) is 0 Å². The second-order valence-electron chi connectivity index (χ2n) is 5.64. The average molecular weight is 284 g/mol. The predicted molar refractivity (Wildman–Crippen MR) is 77.2 cm³/mol. The van der Waals surface area contributed by atoms with Crippen LogP contribution in [0.5, 0.6) is 0 Å². The molecule has 21 heavy (non-hydrogen) atoms. The van der Waals surface area contributed by atoms with Crippen molar-refractivity contribution in [1.82, 2.24) is 10.2 Å². The fourth-order valence-corrected chi connectivity index (χ4v) is 2.71. The first kappa shape index (κ1) is 12.4. The third-order valence-electron chi connectivity index (χ3n) is 3.98. The lowest BCUT2D eigenvalue weighted by molar-refractivity contribution is -0.116. The maximum atomic E-state index is 12.1. The van der Waals surface area contributed by atoms with Crippen LogP contribution in [0.4, 0.5) is 11.7 Å². The summed E-state index contributed by atoms with van der Waals surface area (Å²) in [5.74, 6) is 1.13. The minimum absolute atomic E-state index is 0.0931. The molecule has 0 spiro atoms. The summed E-state index contributed by atoms with van der Waals surface area (Å²) in [6.45, 7) is 0.782. The van der Waals surface area contributed by atoms with Crippen molar-refractivity contribution in [2.75, 3.05) is 17.2 Å². The molecule has 1 saturated carbocycles. The number of amides is 1. The molecule has 1 aromatic carbocycles. The molecule has 0 radical (unpaired) electrons. The lowest BCUT2D eigenvalue weighted by Crippen LogP contribution is -2.16. The fraction of sp³-hybridized carbons (Fsp3) is 0.400. The van der Waals surface area contributed by atoms with E-state index in [1.807, 2.05) is 18.2 Å². The summed E-state index contributed by atoms with van der Waals surface area (Å²) in [5.41, 5.74) is 2.31. The Bertz CT molecular complexity index is 678. The van der Waals surface area contributed by atoms with E-state index in [0.717, 1.165) is 25.1 Å². The summed E-state index contributed by atoms with van der Waals surface area (Å²) < 4.78 is 5.44. The molecule has 2 N–H and O–H groups in total. The predicted octanol–water partition coefficient (Wildman–Crippen LogP) is 2.48. The molecule has 1 amide bonds. The van der Waals surface area contributed by atoms with Gasteiger partial charge in [0, 0.05) is 30.5 Å². The van der Waals surface area contributed by atoms with Crippen molar-refractivity contribution in [2.45, 2.75) is 31.1 Å². The number of carbonyl (C=O) groups excluding carboxylic acids is 1. The summed E-state index contributed by atoms with van der Waals surface area (Å²) in [7, 11) is 0. The zero-order valence-electron chi connectivity index (χ0n) is 11.5. The Morgan fingerprint density at radius 2 is 2.19 bits per heavy atom. The number of rotatable bonds is 4. The molecular formula is C15H16N4O2. The molecule has 0 bridgehead atoms. The van der Waals surface area contributed by atoms with Crippen LogP contribution in [-0.2, 0) is 4.79 Å². The standard InChI is InChI=1S/C15H16N4O2/c20-13(17-15-19-18-14(21-15)9-5-6-9)7-10-8-16-12-4-2-1-3-11(10)12/h1-4,9-10,16H,5-8H2,(H,17,19,20). The second kappa shape index (κ2) is 4.87. The Hall–Kier alpha value is -2.37. The number of fused-ring (bicyclic) bond motifs is 1. The molecule has 1 unspecified atom stereocenters. The molecule has 1 aromatic heterocycles. The molecule has 1 fully saturated rings. The van der Waals surface area contributed by atoms with E-state index < -0.39 is 0 Å². The molecule has 0 saturated heterocycles. The van der Waals surface area contributed by atoms with Crippen LogP contribution in [0.15, 0.2) is 28.7 Å². The van der Waals surface area contributed by atoms with E-state index in [1.54, 1.807) is 0 Å². The van der Waals surface area contributed by atoms with E-state index in [9.17, 15) is 4.79 Å². The lowest BCUT2D eigenvalue weighted by Gasteiger charge is -2.08. The van der Waals surface area contributed by atoms with Crippen molar-refractivity contribution in [3.8, 4) is 0 Å². The van der Waals surface area contributed by atoms with Crippen LogP contribution >= 0.6 is 0 Å². The molecule has 1 atom stereocenters. The van der Waals surface area contributed by atoms with Crippen LogP contribution in [-0.4, -0.2) is 22.6 Å². The highest BCUT2D eigenvalue weighted by Crippen LogP contribution is 2.39. The van der Waals surface area contributed by atoms with E-state index >= 15 is 0 Å². The quantitative estimate of drug-likeness (QED) is 0.901. The van der Waals surface area contributed by atoms with Gasteiger partial charge in [0.2, 0.25) is 11.8 Å². The first-order chi connectivity index (χ1) is 10.3. The molecular weight excluding hydrogens is 268 g/mol. The summed E-state index contributed by atoms with van der Waals surface area (Å²) >= 11 is 0. The highest BCUT2D eigenvalue weighted by atomic mass is 16.4. The van der Waals surface area contributed by atoms with Crippen molar-refractivity contribution in [3.05, 3.63) is 35.7 Å².